The Hall–Kier alpha value is -1.30. The smallest absolute Gasteiger partial charge is 0.375 e. The fourth-order valence-corrected chi connectivity index (χ4v) is 3.55. The lowest BCUT2D eigenvalue weighted by atomic mass is 9.97. The molecule has 2 aliphatic rings. The lowest BCUT2D eigenvalue weighted by molar-refractivity contribution is -0.137. The third kappa shape index (κ3) is 4.16. The minimum absolute atomic E-state index is 0.0520. The first kappa shape index (κ1) is 16.6. The minimum Gasteiger partial charge on any atom is -0.375 e. The van der Waals surface area contributed by atoms with Gasteiger partial charge in [-0.15, -0.1) is 0 Å². The number of hydrogen-bond acceptors (Lipinski definition) is 3. The fraction of sp³-hybridized carbons (Fsp3) is 0.706. The minimum atomic E-state index is -4.36. The zero-order valence-corrected chi connectivity index (χ0v) is 13.2. The summed E-state index contributed by atoms with van der Waals surface area (Å²) in [5.74, 6) is 0.0520. The van der Waals surface area contributed by atoms with Crippen LogP contribution in [-0.2, 0) is 10.9 Å². The Kier molecular flexibility index (Phi) is 5.09. The van der Waals surface area contributed by atoms with Crippen molar-refractivity contribution in [2.24, 2.45) is 0 Å². The fourth-order valence-electron chi connectivity index (χ4n) is 3.55. The molecule has 1 saturated heterocycles. The van der Waals surface area contributed by atoms with E-state index in [1.165, 1.54) is 31.5 Å². The van der Waals surface area contributed by atoms with Crippen molar-refractivity contribution in [2.75, 3.05) is 18.0 Å². The summed E-state index contributed by atoms with van der Waals surface area (Å²) in [5, 5.41) is 0. The maximum absolute atomic E-state index is 13.1. The van der Waals surface area contributed by atoms with Gasteiger partial charge >= 0.3 is 6.18 Å². The molecule has 0 amide bonds. The molecule has 0 bridgehead atoms. The van der Waals surface area contributed by atoms with Gasteiger partial charge < -0.3 is 9.64 Å². The average molecular weight is 328 g/mol. The number of halogens is 3. The van der Waals surface area contributed by atoms with Gasteiger partial charge in [0.2, 0.25) is 0 Å². The van der Waals surface area contributed by atoms with E-state index in [9.17, 15) is 13.2 Å². The van der Waals surface area contributed by atoms with Crippen LogP contribution >= 0.6 is 0 Å². The highest BCUT2D eigenvalue weighted by Gasteiger charge is 2.36. The number of ether oxygens (including phenoxy) is 1. The standard InChI is InChI=1S/C17H23F3N2O/c18-17(19,20)15-7-4-10-21-16(15)22-11-8-14(9-12-22)23-13-5-2-1-3-6-13/h4,7,10,13-14H,1-3,5-6,8-9,11-12H2. The van der Waals surface area contributed by atoms with E-state index in [-0.39, 0.29) is 11.9 Å². The van der Waals surface area contributed by atoms with Crippen molar-refractivity contribution < 1.29 is 17.9 Å². The number of hydrogen-bond donors (Lipinski definition) is 0. The summed E-state index contributed by atoms with van der Waals surface area (Å²) in [4.78, 5) is 5.71. The number of rotatable bonds is 3. The molecule has 1 aromatic heterocycles. The molecule has 0 spiro atoms. The van der Waals surface area contributed by atoms with Crippen molar-refractivity contribution in [3.05, 3.63) is 23.9 Å². The molecule has 1 aromatic rings. The summed E-state index contributed by atoms with van der Waals surface area (Å²) in [5.41, 5.74) is -0.647. The van der Waals surface area contributed by atoms with E-state index < -0.39 is 11.7 Å². The van der Waals surface area contributed by atoms with Crippen molar-refractivity contribution >= 4 is 5.82 Å². The summed E-state index contributed by atoms with van der Waals surface area (Å²) >= 11 is 0. The molecule has 128 valence electrons. The summed E-state index contributed by atoms with van der Waals surface area (Å²) in [6.45, 7) is 1.13. The van der Waals surface area contributed by atoms with E-state index in [1.807, 2.05) is 0 Å². The number of alkyl halides is 3. The third-order valence-corrected chi connectivity index (χ3v) is 4.77. The Balaban J connectivity index is 1.59. The van der Waals surface area contributed by atoms with Crippen molar-refractivity contribution in [1.29, 1.82) is 0 Å². The largest absolute Gasteiger partial charge is 0.419 e. The molecular formula is C17H23F3N2O. The Morgan fingerprint density at radius 3 is 2.30 bits per heavy atom. The van der Waals surface area contributed by atoms with Crippen LogP contribution in [0.2, 0.25) is 0 Å². The first-order chi connectivity index (χ1) is 11.0. The van der Waals surface area contributed by atoms with Crippen molar-refractivity contribution in [2.45, 2.75) is 63.3 Å². The van der Waals surface area contributed by atoms with Crippen molar-refractivity contribution in [3.8, 4) is 0 Å². The lowest BCUT2D eigenvalue weighted by Gasteiger charge is -2.36. The van der Waals surface area contributed by atoms with E-state index in [0.717, 1.165) is 31.7 Å². The van der Waals surface area contributed by atoms with Crippen LogP contribution in [0.25, 0.3) is 0 Å². The van der Waals surface area contributed by atoms with Crippen LogP contribution in [0.1, 0.15) is 50.5 Å². The van der Waals surface area contributed by atoms with E-state index in [0.29, 0.717) is 19.2 Å². The molecule has 1 saturated carbocycles. The molecule has 3 rings (SSSR count). The van der Waals surface area contributed by atoms with E-state index in [2.05, 4.69) is 4.98 Å². The first-order valence-electron chi connectivity index (χ1n) is 8.46. The van der Waals surface area contributed by atoms with Crippen LogP contribution in [0.3, 0.4) is 0 Å². The predicted molar refractivity (Wildman–Crippen MR) is 82.4 cm³/mol. The molecule has 6 heteroatoms. The summed E-state index contributed by atoms with van der Waals surface area (Å²) in [7, 11) is 0. The predicted octanol–water partition coefficient (Wildman–Crippen LogP) is 4.42. The van der Waals surface area contributed by atoms with Crippen LogP contribution in [-0.4, -0.2) is 30.3 Å². The Labute approximate surface area is 134 Å². The molecule has 0 atom stereocenters. The van der Waals surface area contributed by atoms with Crippen molar-refractivity contribution in [1.82, 2.24) is 4.98 Å². The zero-order valence-electron chi connectivity index (χ0n) is 13.2. The summed E-state index contributed by atoms with van der Waals surface area (Å²) < 4.78 is 45.4. The van der Waals surface area contributed by atoms with Crippen LogP contribution in [0, 0.1) is 0 Å². The average Bonchev–Trinajstić information content (AvgIpc) is 2.56. The summed E-state index contributed by atoms with van der Waals surface area (Å²) in [6, 6.07) is 2.44. The zero-order chi connectivity index (χ0) is 16.3. The molecule has 2 fully saturated rings. The quantitative estimate of drug-likeness (QED) is 0.821. The number of pyridine rings is 1. The molecule has 0 aromatic carbocycles. The highest BCUT2D eigenvalue weighted by Crippen LogP contribution is 2.36. The lowest BCUT2D eigenvalue weighted by Crippen LogP contribution is -2.40. The molecule has 1 aliphatic heterocycles. The third-order valence-electron chi connectivity index (χ3n) is 4.77. The number of nitrogens with zero attached hydrogens (tertiary/aromatic N) is 2. The first-order valence-corrected chi connectivity index (χ1v) is 8.46. The number of piperidine rings is 1. The number of aromatic nitrogens is 1. The van der Waals surface area contributed by atoms with E-state index in [4.69, 9.17) is 4.74 Å². The van der Waals surface area contributed by atoms with Crippen molar-refractivity contribution in [3.63, 3.8) is 0 Å². The summed E-state index contributed by atoms with van der Waals surface area (Å²) in [6.07, 6.45) is 5.12. The highest BCUT2D eigenvalue weighted by atomic mass is 19.4. The van der Waals surface area contributed by atoms with Gasteiger partial charge in [0.15, 0.2) is 0 Å². The van der Waals surface area contributed by atoms with Gasteiger partial charge in [-0.3, -0.25) is 0 Å². The number of anilines is 1. The maximum Gasteiger partial charge on any atom is 0.419 e. The Bertz CT molecular complexity index is 507. The highest BCUT2D eigenvalue weighted by molar-refractivity contribution is 5.48. The molecular weight excluding hydrogens is 305 g/mol. The molecule has 23 heavy (non-hydrogen) atoms. The van der Waals surface area contributed by atoms with Gasteiger partial charge in [0, 0.05) is 19.3 Å². The second-order valence-corrected chi connectivity index (χ2v) is 6.45. The van der Waals surface area contributed by atoms with Gasteiger partial charge in [0.1, 0.15) is 5.82 Å². The molecule has 0 unspecified atom stereocenters. The van der Waals surface area contributed by atoms with E-state index in [1.54, 1.807) is 4.90 Å². The van der Waals surface area contributed by atoms with Gasteiger partial charge in [-0.2, -0.15) is 13.2 Å². The second-order valence-electron chi connectivity index (χ2n) is 6.45. The Morgan fingerprint density at radius 2 is 1.65 bits per heavy atom. The second kappa shape index (κ2) is 7.07. The van der Waals surface area contributed by atoms with Gasteiger partial charge in [-0.05, 0) is 37.8 Å². The maximum atomic E-state index is 13.1. The van der Waals surface area contributed by atoms with Crippen LogP contribution in [0.15, 0.2) is 18.3 Å². The van der Waals surface area contributed by atoms with Crippen LogP contribution < -0.4 is 4.90 Å². The van der Waals surface area contributed by atoms with Gasteiger partial charge in [0.25, 0.3) is 0 Å². The van der Waals surface area contributed by atoms with Crippen LogP contribution in [0.4, 0.5) is 19.0 Å². The molecule has 0 N–H and O–H groups in total. The van der Waals surface area contributed by atoms with E-state index >= 15 is 0 Å². The molecule has 1 aliphatic carbocycles. The Morgan fingerprint density at radius 1 is 1.00 bits per heavy atom. The van der Waals surface area contributed by atoms with Gasteiger partial charge in [0.05, 0.1) is 17.8 Å². The van der Waals surface area contributed by atoms with Gasteiger partial charge in [-0.25, -0.2) is 4.98 Å². The monoisotopic (exact) mass is 328 g/mol. The molecule has 3 nitrogen and oxygen atoms in total. The SMILES string of the molecule is FC(F)(F)c1cccnc1N1CCC(OC2CCCCC2)CC1. The van der Waals surface area contributed by atoms with Crippen LogP contribution in [0.5, 0.6) is 0 Å². The molecule has 2 heterocycles. The topological polar surface area (TPSA) is 25.4 Å². The molecule has 0 radical (unpaired) electrons. The van der Waals surface area contributed by atoms with Gasteiger partial charge in [-0.1, -0.05) is 19.3 Å². The normalized spacial score (nSPS) is 21.6.